The van der Waals surface area contributed by atoms with Crippen molar-refractivity contribution in [1.82, 2.24) is 19.6 Å². The Kier molecular flexibility index (Phi) is 4.60. The maximum atomic E-state index is 12.2. The number of hydrogen-bond acceptors (Lipinski definition) is 4. The van der Waals surface area contributed by atoms with Crippen LogP contribution in [-0.4, -0.2) is 36.5 Å². The van der Waals surface area contributed by atoms with Crippen molar-refractivity contribution in [3.63, 3.8) is 0 Å². The van der Waals surface area contributed by atoms with Crippen LogP contribution in [0.25, 0.3) is 0 Å². The highest BCUT2D eigenvalue weighted by atomic mass is 16.4. The van der Waals surface area contributed by atoms with Gasteiger partial charge in [0, 0.05) is 18.0 Å². The highest BCUT2D eigenvalue weighted by molar-refractivity contribution is 6.02. The molecule has 8 heteroatoms. The van der Waals surface area contributed by atoms with Crippen molar-refractivity contribution in [2.75, 3.05) is 5.32 Å². The number of carboxylic acids is 1. The van der Waals surface area contributed by atoms with E-state index in [1.807, 2.05) is 37.3 Å². The number of anilines is 1. The number of aromatic nitrogens is 4. The molecule has 0 aliphatic rings. The molecule has 0 fully saturated rings. The highest BCUT2D eigenvalue weighted by Gasteiger charge is 2.13. The third-order valence-corrected chi connectivity index (χ3v) is 3.57. The van der Waals surface area contributed by atoms with E-state index in [4.69, 9.17) is 5.11 Å². The summed E-state index contributed by atoms with van der Waals surface area (Å²) in [5.41, 5.74) is 2.16. The molecule has 3 rings (SSSR count). The molecule has 0 aliphatic carbocycles. The quantitative estimate of drug-likeness (QED) is 0.712. The minimum absolute atomic E-state index is 0.136. The summed E-state index contributed by atoms with van der Waals surface area (Å²) in [5.74, 6) is -1.04. The van der Waals surface area contributed by atoms with Gasteiger partial charge in [0.25, 0.3) is 5.91 Å². The highest BCUT2D eigenvalue weighted by Crippen LogP contribution is 2.12. The maximum absolute atomic E-state index is 12.2. The first-order chi connectivity index (χ1) is 12.0. The Morgan fingerprint density at radius 2 is 1.92 bits per heavy atom. The number of carbonyl (C=O) groups excluding carboxylic acids is 1. The Hall–Kier alpha value is -3.42. The number of aryl methyl sites for hydroxylation is 1. The predicted molar refractivity (Wildman–Crippen MR) is 90.3 cm³/mol. The summed E-state index contributed by atoms with van der Waals surface area (Å²) in [6, 6.07) is 13.1. The second-order valence-electron chi connectivity index (χ2n) is 5.56. The number of rotatable bonds is 6. The SMILES string of the molecule is Cc1cc(NC(=O)c2ccn(CC(=O)O)n2)nn1Cc1ccccc1. The van der Waals surface area contributed by atoms with E-state index in [1.54, 1.807) is 10.7 Å². The van der Waals surface area contributed by atoms with E-state index in [0.29, 0.717) is 12.4 Å². The molecule has 0 unspecified atom stereocenters. The summed E-state index contributed by atoms with van der Waals surface area (Å²) in [6.45, 7) is 2.22. The summed E-state index contributed by atoms with van der Waals surface area (Å²) >= 11 is 0. The van der Waals surface area contributed by atoms with E-state index < -0.39 is 11.9 Å². The van der Waals surface area contributed by atoms with E-state index in [2.05, 4.69) is 15.5 Å². The molecule has 0 saturated heterocycles. The molecule has 0 bridgehead atoms. The van der Waals surface area contributed by atoms with E-state index in [-0.39, 0.29) is 12.2 Å². The van der Waals surface area contributed by atoms with Crippen LogP contribution in [0.15, 0.2) is 48.7 Å². The summed E-state index contributed by atoms with van der Waals surface area (Å²) < 4.78 is 2.99. The molecule has 3 aromatic rings. The third kappa shape index (κ3) is 4.11. The number of benzene rings is 1. The summed E-state index contributed by atoms with van der Waals surface area (Å²) in [7, 11) is 0. The fourth-order valence-corrected chi connectivity index (χ4v) is 2.38. The van der Waals surface area contributed by atoms with Gasteiger partial charge in [-0.2, -0.15) is 10.2 Å². The van der Waals surface area contributed by atoms with Crippen LogP contribution in [0.3, 0.4) is 0 Å². The molecular weight excluding hydrogens is 322 g/mol. The first-order valence-corrected chi connectivity index (χ1v) is 7.66. The first-order valence-electron chi connectivity index (χ1n) is 7.66. The van der Waals surface area contributed by atoms with Crippen LogP contribution < -0.4 is 5.32 Å². The standard InChI is InChI=1S/C17H17N5O3/c1-12-9-15(20-22(12)10-13-5-3-2-4-6-13)18-17(25)14-7-8-21(19-14)11-16(23)24/h2-9H,10-11H2,1H3,(H,23,24)(H,18,20,25). The Balaban J connectivity index is 1.68. The van der Waals surface area contributed by atoms with Crippen molar-refractivity contribution < 1.29 is 14.7 Å². The van der Waals surface area contributed by atoms with Crippen molar-refractivity contribution in [3.8, 4) is 0 Å². The van der Waals surface area contributed by atoms with Gasteiger partial charge in [-0.15, -0.1) is 0 Å². The number of hydrogen-bond donors (Lipinski definition) is 2. The van der Waals surface area contributed by atoms with Crippen LogP contribution in [0.2, 0.25) is 0 Å². The molecule has 0 aliphatic heterocycles. The normalized spacial score (nSPS) is 10.6. The van der Waals surface area contributed by atoms with Gasteiger partial charge in [0.15, 0.2) is 11.5 Å². The molecule has 1 aromatic carbocycles. The molecule has 128 valence electrons. The second kappa shape index (κ2) is 7.00. The van der Waals surface area contributed by atoms with Gasteiger partial charge in [0.05, 0.1) is 6.54 Å². The van der Waals surface area contributed by atoms with Crippen LogP contribution in [0, 0.1) is 6.92 Å². The van der Waals surface area contributed by atoms with Crippen LogP contribution in [0.5, 0.6) is 0 Å². The molecule has 25 heavy (non-hydrogen) atoms. The fourth-order valence-electron chi connectivity index (χ4n) is 2.38. The second-order valence-corrected chi connectivity index (χ2v) is 5.56. The molecule has 8 nitrogen and oxygen atoms in total. The van der Waals surface area contributed by atoms with Crippen molar-refractivity contribution in [2.24, 2.45) is 0 Å². The molecule has 2 aromatic heterocycles. The number of nitrogens with one attached hydrogen (secondary N) is 1. The Labute approximate surface area is 143 Å². The van der Waals surface area contributed by atoms with E-state index in [0.717, 1.165) is 11.3 Å². The van der Waals surface area contributed by atoms with Gasteiger partial charge in [0.1, 0.15) is 6.54 Å². The zero-order valence-electron chi connectivity index (χ0n) is 13.6. The van der Waals surface area contributed by atoms with Gasteiger partial charge in [-0.25, -0.2) is 0 Å². The van der Waals surface area contributed by atoms with Gasteiger partial charge in [-0.1, -0.05) is 30.3 Å². The topological polar surface area (TPSA) is 102 Å². The van der Waals surface area contributed by atoms with Crippen molar-refractivity contribution in [3.05, 3.63) is 65.6 Å². The molecule has 2 heterocycles. The molecular formula is C17H17N5O3. The van der Waals surface area contributed by atoms with Crippen molar-refractivity contribution >= 4 is 17.7 Å². The Bertz CT molecular complexity index is 898. The van der Waals surface area contributed by atoms with Crippen molar-refractivity contribution in [2.45, 2.75) is 20.0 Å². The minimum atomic E-state index is -1.02. The molecule has 0 atom stereocenters. The average molecular weight is 339 g/mol. The lowest BCUT2D eigenvalue weighted by Crippen LogP contribution is -2.15. The number of carboxylic acid groups (broad SMARTS) is 1. The number of nitrogens with zero attached hydrogens (tertiary/aromatic N) is 4. The minimum Gasteiger partial charge on any atom is -0.480 e. The molecule has 1 amide bonds. The zero-order valence-corrected chi connectivity index (χ0v) is 13.6. The largest absolute Gasteiger partial charge is 0.480 e. The summed E-state index contributed by atoms with van der Waals surface area (Å²) in [4.78, 5) is 22.9. The van der Waals surface area contributed by atoms with Crippen molar-refractivity contribution in [1.29, 1.82) is 0 Å². The first kappa shape index (κ1) is 16.4. The van der Waals surface area contributed by atoms with Gasteiger partial charge in [0.2, 0.25) is 0 Å². The van der Waals surface area contributed by atoms with Crippen LogP contribution in [0.1, 0.15) is 21.7 Å². The summed E-state index contributed by atoms with van der Waals surface area (Å²) in [6.07, 6.45) is 1.45. The van der Waals surface area contributed by atoms with Gasteiger partial charge in [-0.3, -0.25) is 19.0 Å². The van der Waals surface area contributed by atoms with Crippen LogP contribution in [-0.2, 0) is 17.9 Å². The maximum Gasteiger partial charge on any atom is 0.325 e. The van der Waals surface area contributed by atoms with E-state index >= 15 is 0 Å². The van der Waals surface area contributed by atoms with Gasteiger partial charge < -0.3 is 10.4 Å². The van der Waals surface area contributed by atoms with E-state index in [1.165, 1.54) is 16.9 Å². The summed E-state index contributed by atoms with van der Waals surface area (Å²) in [5, 5.41) is 19.7. The molecule has 2 N–H and O–H groups in total. The lowest BCUT2D eigenvalue weighted by atomic mass is 10.2. The number of aliphatic carboxylic acids is 1. The third-order valence-electron chi connectivity index (χ3n) is 3.57. The number of amides is 1. The molecule has 0 spiro atoms. The molecule has 0 radical (unpaired) electrons. The smallest absolute Gasteiger partial charge is 0.325 e. The van der Waals surface area contributed by atoms with E-state index in [9.17, 15) is 9.59 Å². The lowest BCUT2D eigenvalue weighted by Gasteiger charge is -2.04. The van der Waals surface area contributed by atoms with Gasteiger partial charge >= 0.3 is 5.97 Å². The van der Waals surface area contributed by atoms with Gasteiger partial charge in [-0.05, 0) is 18.6 Å². The molecule has 0 saturated carbocycles. The monoisotopic (exact) mass is 339 g/mol. The predicted octanol–water partition coefficient (Wildman–Crippen LogP) is 1.77. The number of carbonyl (C=O) groups is 2. The zero-order chi connectivity index (χ0) is 17.8. The average Bonchev–Trinajstić information content (AvgIpc) is 3.15. The lowest BCUT2D eigenvalue weighted by molar-refractivity contribution is -0.137. The van der Waals surface area contributed by atoms with Crippen LogP contribution >= 0.6 is 0 Å². The fraction of sp³-hybridized carbons (Fsp3) is 0.176. The van der Waals surface area contributed by atoms with Crippen LogP contribution in [0.4, 0.5) is 5.82 Å². The Morgan fingerprint density at radius 1 is 1.16 bits per heavy atom. The Morgan fingerprint density at radius 3 is 2.64 bits per heavy atom.